The van der Waals surface area contributed by atoms with Gasteiger partial charge in [-0.05, 0) is 44.8 Å². The molecule has 0 spiro atoms. The van der Waals surface area contributed by atoms with Crippen LogP contribution in [0.5, 0.6) is 0 Å². The lowest BCUT2D eigenvalue weighted by Crippen LogP contribution is -2.46. The molecule has 2 aromatic rings. The Morgan fingerprint density at radius 1 is 0.913 bits per heavy atom. The van der Waals surface area contributed by atoms with Gasteiger partial charge in [0.05, 0.1) is 0 Å². The molecule has 0 saturated carbocycles. The summed E-state index contributed by atoms with van der Waals surface area (Å²) in [4.78, 5) is 13.6. The number of nitrogens with zero attached hydrogens (tertiary/aromatic N) is 6. The normalized spacial score (nSPS) is 20.8. The Labute approximate surface area is 140 Å². The lowest BCUT2D eigenvalue weighted by molar-refractivity contribution is 0.141. The Kier molecular flexibility index (Phi) is 4.48. The van der Waals surface area contributed by atoms with Crippen molar-refractivity contribution in [3.8, 4) is 10.8 Å². The zero-order valence-electron chi connectivity index (χ0n) is 13.3. The van der Waals surface area contributed by atoms with Gasteiger partial charge in [-0.15, -0.1) is 10.2 Å². The van der Waals surface area contributed by atoms with Crippen LogP contribution < -0.4 is 4.90 Å². The summed E-state index contributed by atoms with van der Waals surface area (Å²) in [5, 5.41) is 10.4. The smallest absolute Gasteiger partial charge is 0.208 e. The monoisotopic (exact) mass is 330 g/mol. The lowest BCUT2D eigenvalue weighted by atomic mass is 10.0. The second kappa shape index (κ2) is 6.88. The maximum Gasteiger partial charge on any atom is 0.208 e. The molecule has 4 heterocycles. The summed E-state index contributed by atoms with van der Waals surface area (Å²) >= 11 is 1.59. The Morgan fingerprint density at radius 3 is 2.39 bits per heavy atom. The molecular weight excluding hydrogens is 308 g/mol. The van der Waals surface area contributed by atoms with E-state index in [9.17, 15) is 0 Å². The third kappa shape index (κ3) is 3.35. The summed E-state index contributed by atoms with van der Waals surface area (Å²) in [7, 11) is 0. The molecule has 2 saturated heterocycles. The summed E-state index contributed by atoms with van der Waals surface area (Å²) in [5.41, 5.74) is 0. The van der Waals surface area contributed by atoms with Crippen molar-refractivity contribution in [3.05, 3.63) is 18.5 Å². The van der Waals surface area contributed by atoms with Crippen LogP contribution in [0.25, 0.3) is 10.8 Å². The molecule has 4 rings (SSSR count). The van der Waals surface area contributed by atoms with Crippen LogP contribution in [0.15, 0.2) is 18.5 Å². The van der Waals surface area contributed by atoms with E-state index in [1.165, 1.54) is 45.2 Å². The predicted molar refractivity (Wildman–Crippen MR) is 91.6 cm³/mol. The SMILES string of the molecule is c1cnc(-c2nnc(N3CCC(N4CCCCC4)CC3)s2)nc1. The molecule has 122 valence electrons. The molecule has 0 atom stereocenters. The minimum Gasteiger partial charge on any atom is -0.347 e. The van der Waals surface area contributed by atoms with E-state index in [0.29, 0.717) is 5.82 Å². The highest BCUT2D eigenvalue weighted by atomic mass is 32.1. The molecule has 7 heteroatoms. The zero-order chi connectivity index (χ0) is 15.5. The minimum atomic E-state index is 0.666. The minimum absolute atomic E-state index is 0.666. The molecular formula is C16H22N6S. The van der Waals surface area contributed by atoms with Gasteiger partial charge in [-0.3, -0.25) is 0 Å². The standard InChI is InChI=1S/C16H22N6S/c1-2-9-21(10-3-1)13-5-11-22(12-6-13)16-20-19-15(23-16)14-17-7-4-8-18-14/h4,7-8,13H,1-3,5-6,9-12H2. The van der Waals surface area contributed by atoms with Crippen LogP contribution in [-0.2, 0) is 0 Å². The molecule has 0 unspecified atom stereocenters. The van der Waals surface area contributed by atoms with Gasteiger partial charge in [-0.1, -0.05) is 17.8 Å². The molecule has 0 bridgehead atoms. The number of hydrogen-bond donors (Lipinski definition) is 0. The number of likely N-dealkylation sites (tertiary alicyclic amines) is 1. The van der Waals surface area contributed by atoms with Crippen molar-refractivity contribution in [2.75, 3.05) is 31.1 Å². The number of rotatable bonds is 3. The second-order valence-electron chi connectivity index (χ2n) is 6.28. The molecule has 2 fully saturated rings. The summed E-state index contributed by atoms with van der Waals surface area (Å²) in [6, 6.07) is 2.58. The molecule has 0 amide bonds. The fourth-order valence-corrected chi connectivity index (χ4v) is 4.39. The van der Waals surface area contributed by atoms with Gasteiger partial charge in [0.25, 0.3) is 0 Å². The highest BCUT2D eigenvalue weighted by Crippen LogP contribution is 2.29. The van der Waals surface area contributed by atoms with E-state index in [0.717, 1.165) is 29.3 Å². The zero-order valence-corrected chi connectivity index (χ0v) is 14.1. The van der Waals surface area contributed by atoms with Crippen LogP contribution in [-0.4, -0.2) is 57.3 Å². The van der Waals surface area contributed by atoms with E-state index < -0.39 is 0 Å². The third-order valence-electron chi connectivity index (χ3n) is 4.81. The first-order valence-corrected chi connectivity index (χ1v) is 9.32. The summed E-state index contributed by atoms with van der Waals surface area (Å²) < 4.78 is 0. The second-order valence-corrected chi connectivity index (χ2v) is 7.23. The van der Waals surface area contributed by atoms with E-state index in [2.05, 4.69) is 30.0 Å². The maximum absolute atomic E-state index is 4.35. The van der Waals surface area contributed by atoms with Crippen LogP contribution in [0.4, 0.5) is 5.13 Å². The van der Waals surface area contributed by atoms with Crippen LogP contribution in [0.2, 0.25) is 0 Å². The Bertz CT molecular complexity index is 617. The fraction of sp³-hybridized carbons (Fsp3) is 0.625. The van der Waals surface area contributed by atoms with Gasteiger partial charge < -0.3 is 9.80 Å². The van der Waals surface area contributed by atoms with Crippen molar-refractivity contribution in [1.29, 1.82) is 0 Å². The number of aromatic nitrogens is 4. The van der Waals surface area contributed by atoms with Gasteiger partial charge in [0.2, 0.25) is 5.13 Å². The largest absolute Gasteiger partial charge is 0.347 e. The first-order valence-electron chi connectivity index (χ1n) is 8.50. The van der Waals surface area contributed by atoms with Gasteiger partial charge in [-0.25, -0.2) is 9.97 Å². The summed E-state index contributed by atoms with van der Waals surface area (Å²) in [6.45, 7) is 4.73. The molecule has 23 heavy (non-hydrogen) atoms. The molecule has 0 N–H and O–H groups in total. The average molecular weight is 330 g/mol. The van der Waals surface area contributed by atoms with Crippen molar-refractivity contribution in [3.63, 3.8) is 0 Å². The van der Waals surface area contributed by atoms with E-state index in [-0.39, 0.29) is 0 Å². The Hall–Kier alpha value is -1.60. The first-order chi connectivity index (χ1) is 11.4. The van der Waals surface area contributed by atoms with Crippen LogP contribution >= 0.6 is 11.3 Å². The van der Waals surface area contributed by atoms with Crippen molar-refractivity contribution in [1.82, 2.24) is 25.1 Å². The van der Waals surface area contributed by atoms with Crippen molar-refractivity contribution in [2.24, 2.45) is 0 Å². The van der Waals surface area contributed by atoms with E-state index >= 15 is 0 Å². The van der Waals surface area contributed by atoms with E-state index in [1.807, 2.05) is 6.07 Å². The quantitative estimate of drug-likeness (QED) is 0.861. The van der Waals surface area contributed by atoms with Crippen molar-refractivity contribution < 1.29 is 0 Å². The van der Waals surface area contributed by atoms with Gasteiger partial charge >= 0.3 is 0 Å². The highest BCUT2D eigenvalue weighted by molar-refractivity contribution is 7.18. The van der Waals surface area contributed by atoms with E-state index in [4.69, 9.17) is 0 Å². The fourth-order valence-electron chi connectivity index (χ4n) is 3.55. The van der Waals surface area contributed by atoms with Crippen LogP contribution in [0.3, 0.4) is 0 Å². The molecule has 6 nitrogen and oxygen atoms in total. The molecule has 0 radical (unpaired) electrons. The number of piperidine rings is 2. The first kappa shape index (κ1) is 15.0. The molecule has 2 aliphatic rings. The highest BCUT2D eigenvalue weighted by Gasteiger charge is 2.27. The Balaban J connectivity index is 1.38. The Morgan fingerprint density at radius 2 is 1.65 bits per heavy atom. The topological polar surface area (TPSA) is 58.0 Å². The number of hydrogen-bond acceptors (Lipinski definition) is 7. The molecule has 0 aliphatic carbocycles. The van der Waals surface area contributed by atoms with E-state index in [1.54, 1.807) is 23.7 Å². The van der Waals surface area contributed by atoms with Gasteiger partial charge in [-0.2, -0.15) is 0 Å². The average Bonchev–Trinajstić information content (AvgIpc) is 3.14. The molecule has 2 aliphatic heterocycles. The van der Waals surface area contributed by atoms with Gasteiger partial charge in [0.15, 0.2) is 10.8 Å². The van der Waals surface area contributed by atoms with Gasteiger partial charge in [0.1, 0.15) is 0 Å². The predicted octanol–water partition coefficient (Wildman–Crippen LogP) is 2.45. The van der Waals surface area contributed by atoms with Crippen molar-refractivity contribution in [2.45, 2.75) is 38.1 Å². The lowest BCUT2D eigenvalue weighted by Gasteiger charge is -2.40. The number of anilines is 1. The summed E-state index contributed by atoms with van der Waals surface area (Å²) in [6.07, 6.45) is 10.1. The molecule has 0 aromatic carbocycles. The third-order valence-corrected chi connectivity index (χ3v) is 5.79. The van der Waals surface area contributed by atoms with Crippen molar-refractivity contribution >= 4 is 16.5 Å². The van der Waals surface area contributed by atoms with Crippen LogP contribution in [0.1, 0.15) is 32.1 Å². The maximum atomic E-state index is 4.35. The summed E-state index contributed by atoms with van der Waals surface area (Å²) in [5.74, 6) is 0.666. The van der Waals surface area contributed by atoms with Crippen LogP contribution in [0, 0.1) is 0 Å². The van der Waals surface area contributed by atoms with Gasteiger partial charge in [0, 0.05) is 31.5 Å². The molecule has 2 aromatic heterocycles.